The first-order valence-electron chi connectivity index (χ1n) is 3.82. The molecule has 1 aliphatic heterocycles. The van der Waals surface area contributed by atoms with Crippen molar-refractivity contribution in [3.05, 3.63) is 12.7 Å². The van der Waals surface area contributed by atoms with E-state index < -0.39 is 0 Å². The maximum atomic E-state index is 10.8. The third-order valence-electron chi connectivity index (χ3n) is 1.69. The molecule has 0 aromatic heterocycles. The van der Waals surface area contributed by atoms with Crippen LogP contribution in [0, 0.1) is 0 Å². The third kappa shape index (κ3) is 2.72. The van der Waals surface area contributed by atoms with Crippen LogP contribution in [-0.4, -0.2) is 37.1 Å². The highest BCUT2D eigenvalue weighted by molar-refractivity contribution is 5.69. The quantitative estimate of drug-likeness (QED) is 0.427. The Balaban J connectivity index is 2.33. The first kappa shape index (κ1) is 8.27. The highest BCUT2D eigenvalue weighted by Crippen LogP contribution is 1.99. The molecule has 62 valence electrons. The molecule has 0 atom stereocenters. The van der Waals surface area contributed by atoms with Gasteiger partial charge in [-0.15, -0.1) is 6.58 Å². The number of carbonyl (C=O) groups excluding carboxylic acids is 1. The van der Waals surface area contributed by atoms with Gasteiger partial charge in [0.15, 0.2) is 0 Å². The highest BCUT2D eigenvalue weighted by Gasteiger charge is 2.12. The summed E-state index contributed by atoms with van der Waals surface area (Å²) in [5, 5.41) is 0. The molecule has 0 spiro atoms. The molecular weight excluding hydrogens is 142 g/mol. The van der Waals surface area contributed by atoms with Crippen LogP contribution in [-0.2, 0) is 9.53 Å². The lowest BCUT2D eigenvalue weighted by atomic mass is 10.4. The van der Waals surface area contributed by atoms with Crippen molar-refractivity contribution in [2.75, 3.05) is 26.2 Å². The first-order valence-corrected chi connectivity index (χ1v) is 3.82. The number of hydrogen-bond donors (Lipinski definition) is 0. The van der Waals surface area contributed by atoms with Crippen LogP contribution in [0.4, 0.5) is 0 Å². The van der Waals surface area contributed by atoms with Crippen molar-refractivity contribution < 1.29 is 9.53 Å². The van der Waals surface area contributed by atoms with E-state index in [2.05, 4.69) is 11.5 Å². The molecule has 0 saturated carbocycles. The van der Waals surface area contributed by atoms with Gasteiger partial charge in [0.25, 0.3) is 0 Å². The summed E-state index contributed by atoms with van der Waals surface area (Å²) in [5.41, 5.74) is 0. The molecule has 3 nitrogen and oxygen atoms in total. The second kappa shape index (κ2) is 4.13. The van der Waals surface area contributed by atoms with Crippen molar-refractivity contribution in [2.45, 2.75) is 6.42 Å². The zero-order valence-electron chi connectivity index (χ0n) is 6.58. The monoisotopic (exact) mass is 155 g/mol. The minimum Gasteiger partial charge on any atom is -0.464 e. The molecule has 1 saturated heterocycles. The second-order valence-corrected chi connectivity index (χ2v) is 2.56. The van der Waals surface area contributed by atoms with Crippen molar-refractivity contribution >= 4 is 5.97 Å². The molecule has 0 amide bonds. The molecule has 0 unspecified atom stereocenters. The summed E-state index contributed by atoms with van der Waals surface area (Å²) in [7, 11) is 0. The van der Waals surface area contributed by atoms with E-state index in [0.717, 1.165) is 19.6 Å². The molecule has 0 N–H and O–H groups in total. The Labute approximate surface area is 66.6 Å². The number of nitrogens with zero attached hydrogens (tertiary/aromatic N) is 1. The molecule has 0 aromatic rings. The van der Waals surface area contributed by atoms with E-state index in [1.54, 1.807) is 0 Å². The fourth-order valence-electron chi connectivity index (χ4n) is 1.09. The van der Waals surface area contributed by atoms with E-state index in [0.29, 0.717) is 13.0 Å². The van der Waals surface area contributed by atoms with Crippen molar-refractivity contribution in [3.8, 4) is 0 Å². The lowest BCUT2D eigenvalue weighted by molar-refractivity contribution is -0.142. The summed E-state index contributed by atoms with van der Waals surface area (Å²) in [5.74, 6) is -0.0865. The molecule has 0 radical (unpaired) electrons. The predicted octanol–water partition coefficient (Wildman–Crippen LogP) is 0.421. The van der Waals surface area contributed by atoms with Crippen LogP contribution in [0.3, 0.4) is 0 Å². The average Bonchev–Trinajstić information content (AvgIpc) is 2.17. The van der Waals surface area contributed by atoms with Gasteiger partial charge in [-0.1, -0.05) is 6.08 Å². The number of cyclic esters (lactones) is 1. The van der Waals surface area contributed by atoms with Crippen LogP contribution >= 0.6 is 0 Å². The van der Waals surface area contributed by atoms with Crippen LogP contribution in [0.2, 0.25) is 0 Å². The third-order valence-corrected chi connectivity index (χ3v) is 1.69. The van der Waals surface area contributed by atoms with Gasteiger partial charge in [-0.05, 0) is 0 Å². The van der Waals surface area contributed by atoms with Crippen LogP contribution < -0.4 is 0 Å². The normalized spacial score (nSPS) is 20.5. The molecule has 0 aliphatic carbocycles. The number of esters is 1. The van der Waals surface area contributed by atoms with Crippen LogP contribution in [0.1, 0.15) is 6.42 Å². The minimum absolute atomic E-state index is 0.0865. The Hall–Kier alpha value is -0.830. The van der Waals surface area contributed by atoms with E-state index in [1.807, 2.05) is 6.08 Å². The van der Waals surface area contributed by atoms with Crippen LogP contribution in [0.15, 0.2) is 12.7 Å². The van der Waals surface area contributed by atoms with E-state index in [1.165, 1.54) is 0 Å². The summed E-state index contributed by atoms with van der Waals surface area (Å²) in [4.78, 5) is 12.9. The molecule has 1 rings (SSSR count). The van der Waals surface area contributed by atoms with E-state index in [4.69, 9.17) is 4.74 Å². The number of carbonyl (C=O) groups is 1. The molecule has 1 fully saturated rings. The number of ether oxygens (including phenoxy) is 1. The van der Waals surface area contributed by atoms with Crippen LogP contribution in [0.5, 0.6) is 0 Å². The van der Waals surface area contributed by atoms with Gasteiger partial charge in [-0.3, -0.25) is 9.69 Å². The molecule has 0 bridgehead atoms. The van der Waals surface area contributed by atoms with Gasteiger partial charge >= 0.3 is 5.97 Å². The topological polar surface area (TPSA) is 29.5 Å². The predicted molar refractivity (Wildman–Crippen MR) is 42.2 cm³/mol. The molecule has 3 heteroatoms. The first-order chi connectivity index (χ1) is 5.33. The SMILES string of the molecule is C=CCN1CCOC(=O)CC1. The van der Waals surface area contributed by atoms with Gasteiger partial charge in [-0.25, -0.2) is 0 Å². The fraction of sp³-hybridized carbons (Fsp3) is 0.625. The Morgan fingerprint density at radius 3 is 3.18 bits per heavy atom. The lowest BCUT2D eigenvalue weighted by Crippen LogP contribution is -2.26. The molecule has 11 heavy (non-hydrogen) atoms. The smallest absolute Gasteiger partial charge is 0.307 e. The van der Waals surface area contributed by atoms with Gasteiger partial charge in [0.1, 0.15) is 6.61 Å². The molecular formula is C8H13NO2. The van der Waals surface area contributed by atoms with Crippen molar-refractivity contribution in [3.63, 3.8) is 0 Å². The second-order valence-electron chi connectivity index (χ2n) is 2.56. The van der Waals surface area contributed by atoms with E-state index in [9.17, 15) is 4.79 Å². The summed E-state index contributed by atoms with van der Waals surface area (Å²) < 4.78 is 4.86. The zero-order valence-corrected chi connectivity index (χ0v) is 6.58. The maximum absolute atomic E-state index is 10.8. The van der Waals surface area contributed by atoms with Crippen molar-refractivity contribution in [2.24, 2.45) is 0 Å². The standard InChI is InChI=1S/C8H13NO2/c1-2-4-9-5-3-8(10)11-7-6-9/h2H,1,3-7H2. The largest absolute Gasteiger partial charge is 0.464 e. The fourth-order valence-corrected chi connectivity index (χ4v) is 1.09. The van der Waals surface area contributed by atoms with Gasteiger partial charge in [0, 0.05) is 19.6 Å². The number of hydrogen-bond acceptors (Lipinski definition) is 3. The minimum atomic E-state index is -0.0865. The Morgan fingerprint density at radius 2 is 2.45 bits per heavy atom. The lowest BCUT2D eigenvalue weighted by Gasteiger charge is -2.14. The summed E-state index contributed by atoms with van der Waals surface area (Å²) in [6.07, 6.45) is 2.35. The van der Waals surface area contributed by atoms with Gasteiger partial charge in [0.05, 0.1) is 6.42 Å². The summed E-state index contributed by atoms with van der Waals surface area (Å²) >= 11 is 0. The number of rotatable bonds is 2. The molecule has 0 aromatic carbocycles. The Morgan fingerprint density at radius 1 is 1.64 bits per heavy atom. The molecule has 1 aliphatic rings. The zero-order chi connectivity index (χ0) is 8.10. The Bertz CT molecular complexity index is 156. The van der Waals surface area contributed by atoms with Crippen molar-refractivity contribution in [1.82, 2.24) is 4.90 Å². The maximum Gasteiger partial charge on any atom is 0.307 e. The van der Waals surface area contributed by atoms with Crippen LogP contribution in [0.25, 0.3) is 0 Å². The van der Waals surface area contributed by atoms with Gasteiger partial charge in [0.2, 0.25) is 0 Å². The van der Waals surface area contributed by atoms with E-state index >= 15 is 0 Å². The average molecular weight is 155 g/mol. The van der Waals surface area contributed by atoms with E-state index in [-0.39, 0.29) is 5.97 Å². The molecule has 1 heterocycles. The van der Waals surface area contributed by atoms with Crippen molar-refractivity contribution in [1.29, 1.82) is 0 Å². The summed E-state index contributed by atoms with van der Waals surface area (Å²) in [6, 6.07) is 0. The van der Waals surface area contributed by atoms with Gasteiger partial charge in [-0.2, -0.15) is 0 Å². The summed E-state index contributed by atoms with van der Waals surface area (Å²) in [6.45, 7) is 6.63. The Kier molecular flexibility index (Phi) is 3.11. The van der Waals surface area contributed by atoms with Gasteiger partial charge < -0.3 is 4.74 Å². The highest BCUT2D eigenvalue weighted by atomic mass is 16.5.